The predicted molar refractivity (Wildman–Crippen MR) is 122 cm³/mol. The maximum Gasteiger partial charge on any atom is 0.247 e. The van der Waals surface area contributed by atoms with E-state index < -0.39 is 0 Å². The highest BCUT2D eigenvalue weighted by molar-refractivity contribution is 6.32. The lowest BCUT2D eigenvalue weighted by molar-refractivity contribution is -0.126. The maximum atomic E-state index is 12.8. The van der Waals surface area contributed by atoms with Crippen LogP contribution in [0.25, 0.3) is 17.6 Å². The van der Waals surface area contributed by atoms with Gasteiger partial charge in [-0.25, -0.2) is 4.68 Å². The Morgan fingerprint density at radius 2 is 1.74 bits per heavy atom. The van der Waals surface area contributed by atoms with Gasteiger partial charge in [-0.15, -0.1) is 0 Å². The highest BCUT2D eigenvalue weighted by Gasteiger charge is 2.30. The summed E-state index contributed by atoms with van der Waals surface area (Å²) in [6.45, 7) is 3.06. The molecule has 0 spiro atoms. The molecule has 0 radical (unpaired) electrons. The van der Waals surface area contributed by atoms with Crippen LogP contribution in [0.4, 0.5) is 0 Å². The minimum atomic E-state index is -0.0572. The third-order valence-electron chi connectivity index (χ3n) is 5.48. The van der Waals surface area contributed by atoms with Crippen molar-refractivity contribution in [2.24, 2.45) is 0 Å². The molecule has 2 aromatic heterocycles. The molecule has 0 fully saturated rings. The minimum Gasteiger partial charge on any atom is -0.329 e. The van der Waals surface area contributed by atoms with Gasteiger partial charge in [0, 0.05) is 29.1 Å². The fourth-order valence-corrected chi connectivity index (χ4v) is 4.04. The highest BCUT2D eigenvalue weighted by Crippen LogP contribution is 2.31. The molecular weight excluding hydrogens is 408 g/mol. The van der Waals surface area contributed by atoms with Crippen LogP contribution in [0, 0.1) is 6.92 Å². The quantitative estimate of drug-likeness (QED) is 0.420. The van der Waals surface area contributed by atoms with E-state index in [9.17, 15) is 4.79 Å². The average molecular weight is 429 g/mol. The van der Waals surface area contributed by atoms with E-state index in [0.29, 0.717) is 18.1 Å². The second kappa shape index (κ2) is 7.93. The molecule has 1 amide bonds. The van der Waals surface area contributed by atoms with Gasteiger partial charge in [-0.05, 0) is 48.9 Å². The number of fused-ring (bicyclic) bond motifs is 1. The number of hydrogen-bond donors (Lipinski definition) is 0. The van der Waals surface area contributed by atoms with Gasteiger partial charge in [0.25, 0.3) is 0 Å². The molecule has 154 valence electrons. The van der Waals surface area contributed by atoms with Crippen molar-refractivity contribution in [1.82, 2.24) is 19.2 Å². The average Bonchev–Trinajstić information content (AvgIpc) is 3.49. The van der Waals surface area contributed by atoms with E-state index in [-0.39, 0.29) is 5.91 Å². The molecule has 2 aromatic carbocycles. The van der Waals surface area contributed by atoms with E-state index in [1.54, 1.807) is 17.1 Å². The molecule has 0 saturated heterocycles. The fraction of sp³-hybridized carbons (Fsp3) is 0.120. The van der Waals surface area contributed by atoms with Crippen molar-refractivity contribution in [2.45, 2.75) is 20.0 Å². The summed E-state index contributed by atoms with van der Waals surface area (Å²) in [5, 5.41) is 5.49. The van der Waals surface area contributed by atoms with Crippen LogP contribution in [0.5, 0.6) is 0 Å². The molecule has 0 bridgehead atoms. The molecular formula is C25H21ClN4O. The summed E-state index contributed by atoms with van der Waals surface area (Å²) in [5.41, 5.74) is 5.01. The monoisotopic (exact) mass is 428 g/mol. The van der Waals surface area contributed by atoms with Gasteiger partial charge in [-0.3, -0.25) is 4.79 Å². The van der Waals surface area contributed by atoms with Crippen molar-refractivity contribution < 1.29 is 4.79 Å². The summed E-state index contributed by atoms with van der Waals surface area (Å²) >= 11 is 6.19. The topological polar surface area (TPSA) is 43.1 Å². The van der Waals surface area contributed by atoms with Gasteiger partial charge < -0.3 is 9.47 Å². The molecule has 1 aliphatic heterocycles. The summed E-state index contributed by atoms with van der Waals surface area (Å²) in [5.74, 6) is 0.910. The number of benzene rings is 2. The number of halogens is 1. The Morgan fingerprint density at radius 1 is 1.00 bits per heavy atom. The molecule has 0 atom stereocenters. The molecule has 6 heteroatoms. The van der Waals surface area contributed by atoms with Crippen molar-refractivity contribution in [3.63, 3.8) is 0 Å². The van der Waals surface area contributed by atoms with Crippen LogP contribution in [-0.4, -0.2) is 25.2 Å². The van der Waals surface area contributed by atoms with Gasteiger partial charge in [0.1, 0.15) is 5.82 Å². The first kappa shape index (κ1) is 19.4. The Bertz CT molecular complexity index is 1270. The number of aryl methyl sites for hydroxylation is 1. The zero-order valence-electron chi connectivity index (χ0n) is 17.1. The Kier molecular flexibility index (Phi) is 4.96. The number of nitrogens with zero attached hydrogens (tertiary/aromatic N) is 4. The lowest BCUT2D eigenvalue weighted by Gasteiger charge is -2.16. The SMILES string of the molecule is Cc1ccc(-n2nc3c(c2-n2cccc2)CN(C(=O)/C=C/c2ccccc2Cl)C3)cc1. The molecule has 3 heterocycles. The van der Waals surface area contributed by atoms with Crippen LogP contribution in [0.2, 0.25) is 5.02 Å². The normalized spacial score (nSPS) is 13.2. The van der Waals surface area contributed by atoms with Crippen LogP contribution < -0.4 is 0 Å². The molecule has 31 heavy (non-hydrogen) atoms. The molecule has 1 aliphatic rings. The van der Waals surface area contributed by atoms with E-state index in [4.69, 9.17) is 16.7 Å². The zero-order valence-corrected chi connectivity index (χ0v) is 17.8. The standard InChI is InChI=1S/C25H21ClN4O/c1-18-8-11-20(12-9-18)30-25(28-14-4-5-15-28)21-16-29(17-23(21)27-30)24(31)13-10-19-6-2-3-7-22(19)26/h2-15H,16-17H2,1H3/b13-10+. The van der Waals surface area contributed by atoms with Crippen molar-refractivity contribution in [3.05, 3.63) is 107 Å². The van der Waals surface area contributed by atoms with E-state index >= 15 is 0 Å². The number of amides is 1. The summed E-state index contributed by atoms with van der Waals surface area (Å²) in [6.07, 6.45) is 7.35. The maximum absolute atomic E-state index is 12.8. The fourth-order valence-electron chi connectivity index (χ4n) is 3.84. The molecule has 0 N–H and O–H groups in total. The van der Waals surface area contributed by atoms with E-state index in [1.165, 1.54) is 5.56 Å². The number of hydrogen-bond acceptors (Lipinski definition) is 2. The van der Waals surface area contributed by atoms with Gasteiger partial charge in [0.15, 0.2) is 0 Å². The number of carbonyl (C=O) groups excluding carboxylic acids is 1. The smallest absolute Gasteiger partial charge is 0.247 e. The molecule has 5 rings (SSSR count). The first-order chi connectivity index (χ1) is 15.1. The van der Waals surface area contributed by atoms with Gasteiger partial charge in [0.05, 0.1) is 24.5 Å². The van der Waals surface area contributed by atoms with Crippen molar-refractivity contribution in [2.75, 3.05) is 0 Å². The number of rotatable bonds is 4. The van der Waals surface area contributed by atoms with Gasteiger partial charge >= 0.3 is 0 Å². The van der Waals surface area contributed by atoms with E-state index in [2.05, 4.69) is 35.8 Å². The first-order valence-electron chi connectivity index (χ1n) is 10.1. The summed E-state index contributed by atoms with van der Waals surface area (Å²) in [7, 11) is 0. The number of aromatic nitrogens is 3. The molecule has 0 aliphatic carbocycles. The Morgan fingerprint density at radius 3 is 2.48 bits per heavy atom. The molecule has 4 aromatic rings. The Labute approximate surface area is 185 Å². The molecule has 5 nitrogen and oxygen atoms in total. The molecule has 0 unspecified atom stereocenters. The third-order valence-corrected chi connectivity index (χ3v) is 5.82. The second-order valence-electron chi connectivity index (χ2n) is 7.64. The van der Waals surface area contributed by atoms with E-state index in [0.717, 1.165) is 28.3 Å². The lowest BCUT2D eigenvalue weighted by Crippen LogP contribution is -2.24. The second-order valence-corrected chi connectivity index (χ2v) is 8.04. The highest BCUT2D eigenvalue weighted by atomic mass is 35.5. The summed E-state index contributed by atoms with van der Waals surface area (Å²) in [4.78, 5) is 14.6. The Hall–Kier alpha value is -3.57. The van der Waals surface area contributed by atoms with E-state index in [1.807, 2.05) is 53.5 Å². The minimum absolute atomic E-state index is 0.0572. The number of carbonyl (C=O) groups is 1. The van der Waals surface area contributed by atoms with Crippen molar-refractivity contribution in [1.29, 1.82) is 0 Å². The van der Waals surface area contributed by atoms with Crippen molar-refractivity contribution in [3.8, 4) is 11.5 Å². The van der Waals surface area contributed by atoms with Gasteiger partial charge in [-0.2, -0.15) is 5.10 Å². The molecule has 0 saturated carbocycles. The van der Waals surface area contributed by atoms with Gasteiger partial charge in [-0.1, -0.05) is 47.5 Å². The first-order valence-corrected chi connectivity index (χ1v) is 10.5. The predicted octanol–water partition coefficient (Wildman–Crippen LogP) is 5.18. The van der Waals surface area contributed by atoms with Crippen LogP contribution in [-0.2, 0) is 17.9 Å². The third kappa shape index (κ3) is 3.68. The summed E-state index contributed by atoms with van der Waals surface area (Å²) < 4.78 is 4.02. The van der Waals surface area contributed by atoms with Crippen LogP contribution in [0.1, 0.15) is 22.4 Å². The van der Waals surface area contributed by atoms with Crippen LogP contribution in [0.3, 0.4) is 0 Å². The van der Waals surface area contributed by atoms with Gasteiger partial charge in [0.2, 0.25) is 5.91 Å². The van der Waals surface area contributed by atoms with Crippen LogP contribution >= 0.6 is 11.6 Å². The Balaban J connectivity index is 1.45. The van der Waals surface area contributed by atoms with Crippen molar-refractivity contribution >= 4 is 23.6 Å². The zero-order chi connectivity index (χ0) is 21.4. The summed E-state index contributed by atoms with van der Waals surface area (Å²) in [6, 6.07) is 19.8. The van der Waals surface area contributed by atoms with Crippen LogP contribution in [0.15, 0.2) is 79.1 Å². The lowest BCUT2D eigenvalue weighted by atomic mass is 10.2. The largest absolute Gasteiger partial charge is 0.329 e.